The second kappa shape index (κ2) is 6.26. The van der Waals surface area contributed by atoms with Gasteiger partial charge in [0.15, 0.2) is 5.82 Å². The number of oxazole rings is 1. The van der Waals surface area contributed by atoms with Gasteiger partial charge in [-0.05, 0) is 24.3 Å². The standard InChI is InChI=1S/C17H12FN3O4S/c18-15-11(12-9-25-17(19-12)10-4-2-1-3-5-10)6-7-13(22)16(15)21-8-14(23)20-26(21)24/h1-7,9,22H,8H2,(H,20,23). The molecule has 1 atom stereocenters. The van der Waals surface area contributed by atoms with Crippen LogP contribution >= 0.6 is 0 Å². The van der Waals surface area contributed by atoms with E-state index in [1.807, 2.05) is 18.2 Å². The Morgan fingerprint density at radius 3 is 2.69 bits per heavy atom. The molecule has 1 saturated heterocycles. The maximum atomic E-state index is 15.0. The number of benzene rings is 2. The van der Waals surface area contributed by atoms with Gasteiger partial charge in [-0.3, -0.25) is 13.8 Å². The molecule has 0 radical (unpaired) electrons. The van der Waals surface area contributed by atoms with E-state index in [-0.39, 0.29) is 23.5 Å². The lowest BCUT2D eigenvalue weighted by Gasteiger charge is -2.17. The summed E-state index contributed by atoms with van der Waals surface area (Å²) in [4.78, 5) is 15.7. The van der Waals surface area contributed by atoms with Crippen LogP contribution in [0.4, 0.5) is 10.1 Å². The highest BCUT2D eigenvalue weighted by molar-refractivity contribution is 7.85. The first kappa shape index (κ1) is 16.3. The lowest BCUT2D eigenvalue weighted by molar-refractivity contribution is -0.117. The molecule has 1 aromatic heterocycles. The van der Waals surface area contributed by atoms with Crippen LogP contribution in [-0.4, -0.2) is 26.8 Å². The van der Waals surface area contributed by atoms with Gasteiger partial charge in [0, 0.05) is 11.1 Å². The summed E-state index contributed by atoms with van der Waals surface area (Å²) < 4.78 is 35.5. The molecule has 0 spiro atoms. The van der Waals surface area contributed by atoms with E-state index in [9.17, 15) is 14.1 Å². The Hall–Kier alpha value is -3.20. The van der Waals surface area contributed by atoms with Gasteiger partial charge in [0.2, 0.25) is 17.1 Å². The average molecular weight is 373 g/mol. The lowest BCUT2D eigenvalue weighted by Crippen LogP contribution is -2.23. The summed E-state index contributed by atoms with van der Waals surface area (Å²) in [6.45, 7) is -0.325. The Bertz CT molecular complexity index is 1020. The number of rotatable bonds is 3. The molecule has 0 saturated carbocycles. The summed E-state index contributed by atoms with van der Waals surface area (Å²) in [5, 5.41) is 10.0. The van der Waals surface area contributed by atoms with E-state index in [4.69, 9.17) is 4.42 Å². The molecule has 2 aromatic carbocycles. The number of aromatic hydroxyl groups is 1. The molecule has 4 rings (SSSR count). The normalized spacial score (nSPS) is 16.7. The molecule has 2 heterocycles. The predicted molar refractivity (Wildman–Crippen MR) is 92.6 cm³/mol. The van der Waals surface area contributed by atoms with Crippen LogP contribution in [0.3, 0.4) is 0 Å². The zero-order chi connectivity index (χ0) is 18.3. The van der Waals surface area contributed by atoms with E-state index in [0.29, 0.717) is 5.89 Å². The minimum absolute atomic E-state index is 0.0556. The predicted octanol–water partition coefficient (Wildman–Crippen LogP) is 2.37. The van der Waals surface area contributed by atoms with Crippen LogP contribution in [0, 0.1) is 5.82 Å². The maximum absolute atomic E-state index is 15.0. The molecular weight excluding hydrogens is 361 g/mol. The van der Waals surface area contributed by atoms with E-state index < -0.39 is 28.6 Å². The number of amides is 1. The van der Waals surface area contributed by atoms with Crippen molar-refractivity contribution in [2.45, 2.75) is 0 Å². The Labute approximate surface area is 149 Å². The van der Waals surface area contributed by atoms with Crippen molar-refractivity contribution >= 4 is 22.8 Å². The first-order chi connectivity index (χ1) is 12.5. The van der Waals surface area contributed by atoms with Gasteiger partial charge < -0.3 is 9.52 Å². The van der Waals surface area contributed by atoms with Gasteiger partial charge in [-0.2, -0.15) is 0 Å². The third kappa shape index (κ3) is 2.72. The van der Waals surface area contributed by atoms with E-state index in [1.54, 1.807) is 12.1 Å². The highest BCUT2D eigenvalue weighted by atomic mass is 32.2. The molecule has 2 N–H and O–H groups in total. The molecule has 9 heteroatoms. The molecule has 1 amide bonds. The van der Waals surface area contributed by atoms with Crippen LogP contribution in [0.1, 0.15) is 0 Å². The maximum Gasteiger partial charge on any atom is 0.253 e. The Kier molecular flexibility index (Phi) is 3.92. The number of hydrogen-bond donors (Lipinski definition) is 2. The molecule has 0 bridgehead atoms. The van der Waals surface area contributed by atoms with Gasteiger partial charge in [-0.1, -0.05) is 18.2 Å². The Morgan fingerprint density at radius 1 is 1.23 bits per heavy atom. The second-order valence-electron chi connectivity index (χ2n) is 5.51. The van der Waals surface area contributed by atoms with Crippen LogP contribution in [0.5, 0.6) is 5.75 Å². The van der Waals surface area contributed by atoms with Crippen molar-refractivity contribution in [3.05, 3.63) is 54.5 Å². The third-order valence-electron chi connectivity index (χ3n) is 3.83. The second-order valence-corrected chi connectivity index (χ2v) is 6.65. The van der Waals surface area contributed by atoms with Crippen molar-refractivity contribution in [3.8, 4) is 28.5 Å². The first-order valence-electron chi connectivity index (χ1n) is 7.56. The van der Waals surface area contributed by atoms with Crippen molar-refractivity contribution in [1.82, 2.24) is 9.71 Å². The number of carbonyl (C=O) groups is 1. The number of carbonyl (C=O) groups excluding carboxylic acids is 1. The van der Waals surface area contributed by atoms with Crippen molar-refractivity contribution in [2.24, 2.45) is 0 Å². The molecule has 1 aliphatic heterocycles. The summed E-state index contributed by atoms with van der Waals surface area (Å²) >= 11 is -1.96. The van der Waals surface area contributed by atoms with Gasteiger partial charge in [0.25, 0.3) is 5.91 Å². The molecular formula is C17H12FN3O4S. The number of anilines is 1. The largest absolute Gasteiger partial charge is 0.506 e. The minimum atomic E-state index is -1.96. The molecule has 1 fully saturated rings. The summed E-state index contributed by atoms with van der Waals surface area (Å²) in [6, 6.07) is 11.7. The van der Waals surface area contributed by atoms with Gasteiger partial charge in [-0.25, -0.2) is 13.6 Å². The van der Waals surface area contributed by atoms with Gasteiger partial charge >= 0.3 is 0 Å². The number of phenolic OH excluding ortho intramolecular Hbond substituents is 1. The van der Waals surface area contributed by atoms with E-state index >= 15 is 4.39 Å². The van der Waals surface area contributed by atoms with Crippen molar-refractivity contribution in [3.63, 3.8) is 0 Å². The number of hydrogen-bond acceptors (Lipinski definition) is 5. The highest BCUT2D eigenvalue weighted by Crippen LogP contribution is 2.38. The molecule has 3 aromatic rings. The summed E-state index contributed by atoms with van der Waals surface area (Å²) in [5.74, 6) is -1.48. The summed E-state index contributed by atoms with van der Waals surface area (Å²) in [6.07, 6.45) is 1.30. The fourth-order valence-electron chi connectivity index (χ4n) is 2.64. The van der Waals surface area contributed by atoms with Gasteiger partial charge in [0.1, 0.15) is 29.9 Å². The van der Waals surface area contributed by atoms with Crippen LogP contribution < -0.4 is 9.03 Å². The summed E-state index contributed by atoms with van der Waals surface area (Å²) in [7, 11) is 0. The van der Waals surface area contributed by atoms with Crippen molar-refractivity contribution < 1.29 is 22.9 Å². The van der Waals surface area contributed by atoms with Crippen molar-refractivity contribution in [1.29, 1.82) is 0 Å². The number of phenols is 1. The van der Waals surface area contributed by atoms with Gasteiger partial charge in [0.05, 0.1) is 0 Å². The van der Waals surface area contributed by atoms with E-state index in [1.165, 1.54) is 18.4 Å². The minimum Gasteiger partial charge on any atom is -0.506 e. The summed E-state index contributed by atoms with van der Waals surface area (Å²) in [5.41, 5.74) is 0.670. The topological polar surface area (TPSA) is 95.7 Å². The highest BCUT2D eigenvalue weighted by Gasteiger charge is 2.32. The van der Waals surface area contributed by atoms with E-state index in [0.717, 1.165) is 9.87 Å². The number of nitrogens with zero attached hydrogens (tertiary/aromatic N) is 2. The van der Waals surface area contributed by atoms with Crippen molar-refractivity contribution in [2.75, 3.05) is 10.8 Å². The molecule has 7 nitrogen and oxygen atoms in total. The molecule has 132 valence electrons. The quantitative estimate of drug-likeness (QED) is 0.735. The fraction of sp³-hybridized carbons (Fsp3) is 0.0588. The fourth-order valence-corrected chi connectivity index (χ4v) is 3.58. The number of nitrogens with one attached hydrogen (secondary N) is 1. The Balaban J connectivity index is 1.77. The molecule has 26 heavy (non-hydrogen) atoms. The number of aromatic nitrogens is 1. The zero-order valence-corrected chi connectivity index (χ0v) is 14.0. The Morgan fingerprint density at radius 2 is 2.00 bits per heavy atom. The number of halogens is 1. The monoisotopic (exact) mass is 373 g/mol. The molecule has 0 aliphatic carbocycles. The lowest BCUT2D eigenvalue weighted by atomic mass is 10.1. The van der Waals surface area contributed by atoms with Crippen LogP contribution in [-0.2, 0) is 16.0 Å². The average Bonchev–Trinajstić information content (AvgIpc) is 3.23. The van der Waals surface area contributed by atoms with Crippen LogP contribution in [0.15, 0.2) is 53.1 Å². The van der Waals surface area contributed by atoms with Crippen LogP contribution in [0.2, 0.25) is 0 Å². The zero-order valence-electron chi connectivity index (χ0n) is 13.2. The first-order valence-corrected chi connectivity index (χ1v) is 8.67. The third-order valence-corrected chi connectivity index (χ3v) is 4.95. The smallest absolute Gasteiger partial charge is 0.253 e. The van der Waals surface area contributed by atoms with E-state index in [2.05, 4.69) is 9.71 Å². The molecule has 1 unspecified atom stereocenters. The SMILES string of the molecule is O=C1CN(c2c(O)ccc(-c3coc(-c4ccccc4)n3)c2F)S(=O)N1. The van der Waals surface area contributed by atoms with Crippen LogP contribution in [0.25, 0.3) is 22.7 Å². The molecule has 1 aliphatic rings. The van der Waals surface area contributed by atoms with Gasteiger partial charge in [-0.15, -0.1) is 0 Å².